The van der Waals surface area contributed by atoms with Crippen molar-refractivity contribution < 1.29 is 13.9 Å². The van der Waals surface area contributed by atoms with Gasteiger partial charge < -0.3 is 10.1 Å². The van der Waals surface area contributed by atoms with Crippen LogP contribution in [0.2, 0.25) is 0 Å². The molecular formula is C20H24FNO2. The average Bonchev–Trinajstić information content (AvgIpc) is 2.55. The number of rotatable bonds is 6. The number of aryl methyl sites for hydroxylation is 1. The summed E-state index contributed by atoms with van der Waals surface area (Å²) in [4.78, 5) is 12.6. The molecule has 2 aromatic rings. The van der Waals surface area contributed by atoms with Gasteiger partial charge in [0.1, 0.15) is 0 Å². The Morgan fingerprint density at radius 3 is 2.50 bits per heavy atom. The molecule has 1 amide bonds. The van der Waals surface area contributed by atoms with Crippen molar-refractivity contribution >= 4 is 11.6 Å². The second-order valence-corrected chi connectivity index (χ2v) is 6.13. The summed E-state index contributed by atoms with van der Waals surface area (Å²) in [5.41, 5.74) is 2.88. The maximum atomic E-state index is 13.8. The molecule has 24 heavy (non-hydrogen) atoms. The molecule has 0 aliphatic carbocycles. The molecule has 1 atom stereocenters. The van der Waals surface area contributed by atoms with E-state index in [1.54, 1.807) is 12.1 Å². The van der Waals surface area contributed by atoms with E-state index in [0.29, 0.717) is 6.42 Å². The summed E-state index contributed by atoms with van der Waals surface area (Å²) >= 11 is 0. The number of para-hydroxylation sites is 2. The van der Waals surface area contributed by atoms with Gasteiger partial charge in [0.15, 0.2) is 17.7 Å². The largest absolute Gasteiger partial charge is 0.478 e. The number of halogens is 1. The molecule has 0 heterocycles. The molecule has 0 aliphatic heterocycles. The van der Waals surface area contributed by atoms with Crippen molar-refractivity contribution in [2.45, 2.75) is 46.1 Å². The molecule has 128 valence electrons. The minimum atomic E-state index is -0.749. The van der Waals surface area contributed by atoms with Gasteiger partial charge in [-0.05, 0) is 42.5 Å². The highest BCUT2D eigenvalue weighted by Crippen LogP contribution is 2.28. The number of ether oxygens (including phenoxy) is 1. The summed E-state index contributed by atoms with van der Waals surface area (Å²) in [6.07, 6.45) is -0.301. The monoisotopic (exact) mass is 329 g/mol. The van der Waals surface area contributed by atoms with Crippen LogP contribution >= 0.6 is 0 Å². The Morgan fingerprint density at radius 2 is 1.88 bits per heavy atom. The Kier molecular flexibility index (Phi) is 5.96. The van der Waals surface area contributed by atoms with Gasteiger partial charge in [-0.3, -0.25) is 4.79 Å². The van der Waals surface area contributed by atoms with E-state index in [0.717, 1.165) is 16.8 Å². The van der Waals surface area contributed by atoms with Crippen LogP contribution in [-0.4, -0.2) is 12.0 Å². The lowest BCUT2D eigenvalue weighted by molar-refractivity contribution is -0.122. The SMILES string of the molecule is CC[C@@H](Oc1ccccc1F)C(=O)Nc1c(C)cccc1C(C)C. The highest BCUT2D eigenvalue weighted by atomic mass is 19.1. The van der Waals surface area contributed by atoms with E-state index in [1.165, 1.54) is 12.1 Å². The van der Waals surface area contributed by atoms with Crippen molar-refractivity contribution in [3.63, 3.8) is 0 Å². The fourth-order valence-electron chi connectivity index (χ4n) is 2.56. The van der Waals surface area contributed by atoms with E-state index >= 15 is 0 Å². The molecule has 2 aromatic carbocycles. The highest BCUT2D eigenvalue weighted by molar-refractivity contribution is 5.95. The zero-order chi connectivity index (χ0) is 17.7. The third-order valence-electron chi connectivity index (χ3n) is 3.94. The van der Waals surface area contributed by atoms with Crippen molar-refractivity contribution in [2.75, 3.05) is 5.32 Å². The van der Waals surface area contributed by atoms with E-state index in [-0.39, 0.29) is 17.6 Å². The number of hydrogen-bond donors (Lipinski definition) is 1. The number of nitrogens with one attached hydrogen (secondary N) is 1. The predicted molar refractivity (Wildman–Crippen MR) is 95.0 cm³/mol. The molecule has 4 heteroatoms. The first-order valence-corrected chi connectivity index (χ1v) is 8.25. The van der Waals surface area contributed by atoms with E-state index < -0.39 is 11.9 Å². The lowest BCUT2D eigenvalue weighted by Gasteiger charge is -2.21. The number of anilines is 1. The predicted octanol–water partition coefficient (Wildman–Crippen LogP) is 5.05. The van der Waals surface area contributed by atoms with Crippen molar-refractivity contribution in [1.29, 1.82) is 0 Å². The zero-order valence-electron chi connectivity index (χ0n) is 14.6. The summed E-state index contributed by atoms with van der Waals surface area (Å²) in [6.45, 7) is 7.96. The van der Waals surface area contributed by atoms with Crippen molar-refractivity contribution in [3.8, 4) is 5.75 Å². The van der Waals surface area contributed by atoms with Gasteiger partial charge in [0.2, 0.25) is 0 Å². The molecule has 0 saturated carbocycles. The highest BCUT2D eigenvalue weighted by Gasteiger charge is 2.22. The normalized spacial score (nSPS) is 12.1. The van der Waals surface area contributed by atoms with Gasteiger partial charge >= 0.3 is 0 Å². The maximum Gasteiger partial charge on any atom is 0.265 e. The first-order chi connectivity index (χ1) is 11.4. The van der Waals surface area contributed by atoms with Crippen LogP contribution < -0.4 is 10.1 Å². The van der Waals surface area contributed by atoms with Crippen LogP contribution in [0.25, 0.3) is 0 Å². The smallest absolute Gasteiger partial charge is 0.265 e. The van der Waals surface area contributed by atoms with E-state index in [1.807, 2.05) is 32.0 Å². The fourth-order valence-corrected chi connectivity index (χ4v) is 2.56. The summed E-state index contributed by atoms with van der Waals surface area (Å²) in [5.74, 6) is -0.361. The topological polar surface area (TPSA) is 38.3 Å². The second-order valence-electron chi connectivity index (χ2n) is 6.13. The van der Waals surface area contributed by atoms with Gasteiger partial charge in [0.05, 0.1) is 0 Å². The lowest BCUT2D eigenvalue weighted by atomic mass is 9.98. The van der Waals surface area contributed by atoms with Crippen LogP contribution in [0, 0.1) is 12.7 Å². The third-order valence-corrected chi connectivity index (χ3v) is 3.94. The fraction of sp³-hybridized carbons (Fsp3) is 0.350. The van der Waals surface area contributed by atoms with Crippen LogP contribution in [-0.2, 0) is 4.79 Å². The van der Waals surface area contributed by atoms with Crippen molar-refractivity contribution in [3.05, 3.63) is 59.4 Å². The van der Waals surface area contributed by atoms with Crippen LogP contribution in [0.3, 0.4) is 0 Å². The average molecular weight is 329 g/mol. The van der Waals surface area contributed by atoms with Crippen molar-refractivity contribution in [2.24, 2.45) is 0 Å². The van der Waals surface area contributed by atoms with E-state index in [2.05, 4.69) is 19.2 Å². The zero-order valence-corrected chi connectivity index (χ0v) is 14.6. The Bertz CT molecular complexity index is 713. The Balaban J connectivity index is 2.20. The standard InChI is InChI=1S/C20H24FNO2/c1-5-17(24-18-12-7-6-11-16(18)21)20(23)22-19-14(4)9-8-10-15(19)13(2)3/h6-13,17H,5H2,1-4H3,(H,22,23)/t17-/m1/s1. The minimum Gasteiger partial charge on any atom is -0.478 e. The Hall–Kier alpha value is -2.36. The minimum absolute atomic E-state index is 0.0911. The first-order valence-electron chi connectivity index (χ1n) is 8.25. The van der Waals surface area contributed by atoms with Crippen LogP contribution in [0.1, 0.15) is 44.2 Å². The number of amides is 1. The lowest BCUT2D eigenvalue weighted by Crippen LogP contribution is -2.33. The molecule has 0 unspecified atom stereocenters. The van der Waals surface area contributed by atoms with Gasteiger partial charge in [-0.2, -0.15) is 0 Å². The molecule has 3 nitrogen and oxygen atoms in total. The first kappa shape index (κ1) is 18.0. The van der Waals surface area contributed by atoms with Crippen molar-refractivity contribution in [1.82, 2.24) is 0 Å². The van der Waals surface area contributed by atoms with Gasteiger partial charge in [0, 0.05) is 5.69 Å². The third kappa shape index (κ3) is 4.13. The van der Waals surface area contributed by atoms with Gasteiger partial charge in [-0.25, -0.2) is 4.39 Å². The molecule has 0 fully saturated rings. The molecular weight excluding hydrogens is 305 g/mol. The number of benzene rings is 2. The van der Waals surface area contributed by atoms with Gasteiger partial charge in [0.25, 0.3) is 5.91 Å². The van der Waals surface area contributed by atoms with Gasteiger partial charge in [-0.15, -0.1) is 0 Å². The summed E-state index contributed by atoms with van der Waals surface area (Å²) < 4.78 is 19.3. The van der Waals surface area contributed by atoms with E-state index in [4.69, 9.17) is 4.74 Å². The van der Waals surface area contributed by atoms with Crippen LogP contribution in [0.5, 0.6) is 5.75 Å². The molecule has 0 radical (unpaired) electrons. The molecule has 1 N–H and O–H groups in total. The number of carbonyl (C=O) groups is 1. The van der Waals surface area contributed by atoms with E-state index in [9.17, 15) is 9.18 Å². The molecule has 0 saturated heterocycles. The molecule has 0 bridgehead atoms. The summed E-state index contributed by atoms with van der Waals surface area (Å²) in [6, 6.07) is 12.1. The van der Waals surface area contributed by atoms with Crippen LogP contribution in [0.4, 0.5) is 10.1 Å². The molecule has 0 aliphatic rings. The van der Waals surface area contributed by atoms with Gasteiger partial charge in [-0.1, -0.05) is 51.1 Å². The molecule has 0 aromatic heterocycles. The number of carbonyl (C=O) groups excluding carboxylic acids is 1. The maximum absolute atomic E-state index is 13.8. The molecule has 0 spiro atoms. The Labute approximate surface area is 142 Å². The number of hydrogen-bond acceptors (Lipinski definition) is 2. The second kappa shape index (κ2) is 7.95. The molecule has 2 rings (SSSR count). The van der Waals surface area contributed by atoms with Crippen LogP contribution in [0.15, 0.2) is 42.5 Å². The summed E-state index contributed by atoms with van der Waals surface area (Å²) in [5, 5.41) is 2.96. The quantitative estimate of drug-likeness (QED) is 0.805. The Morgan fingerprint density at radius 1 is 1.17 bits per heavy atom. The summed E-state index contributed by atoms with van der Waals surface area (Å²) in [7, 11) is 0.